The molecule has 2 aromatic rings. The van der Waals surface area contributed by atoms with Crippen molar-refractivity contribution in [1.82, 2.24) is 4.98 Å². The quantitative estimate of drug-likeness (QED) is 0.670. The van der Waals surface area contributed by atoms with Crippen LogP contribution in [0.5, 0.6) is 5.88 Å². The summed E-state index contributed by atoms with van der Waals surface area (Å²) in [6, 6.07) is 9.27. The van der Waals surface area contributed by atoms with E-state index in [0.717, 1.165) is 16.8 Å². The van der Waals surface area contributed by atoms with E-state index < -0.39 is 0 Å². The zero-order chi connectivity index (χ0) is 14.7. The third kappa shape index (κ3) is 3.27. The van der Waals surface area contributed by atoms with E-state index in [1.807, 2.05) is 32.0 Å². The van der Waals surface area contributed by atoms with Crippen LogP contribution in [0, 0.1) is 19.3 Å². The smallest absolute Gasteiger partial charge is 0.225 e. The summed E-state index contributed by atoms with van der Waals surface area (Å²) in [7, 11) is 0. The van der Waals surface area contributed by atoms with Gasteiger partial charge in [-0.05, 0) is 43.2 Å². The van der Waals surface area contributed by atoms with Crippen LogP contribution in [0.4, 0.5) is 0 Å². The van der Waals surface area contributed by atoms with Crippen molar-refractivity contribution in [3.05, 3.63) is 57.7 Å². The lowest BCUT2D eigenvalue weighted by molar-refractivity contribution is 0.292. The first-order valence-corrected chi connectivity index (χ1v) is 6.55. The van der Waals surface area contributed by atoms with E-state index in [4.69, 9.17) is 27.5 Å². The molecule has 20 heavy (non-hydrogen) atoms. The van der Waals surface area contributed by atoms with E-state index in [-0.39, 0.29) is 5.84 Å². The number of nitrogens with one attached hydrogen (secondary N) is 1. The highest BCUT2D eigenvalue weighted by Crippen LogP contribution is 2.21. The summed E-state index contributed by atoms with van der Waals surface area (Å²) in [5.41, 5.74) is 8.84. The molecule has 0 fully saturated rings. The van der Waals surface area contributed by atoms with E-state index in [9.17, 15) is 0 Å². The van der Waals surface area contributed by atoms with Gasteiger partial charge in [0.2, 0.25) is 5.88 Å². The molecule has 4 nitrogen and oxygen atoms in total. The average molecular weight is 290 g/mol. The Kier molecular flexibility index (Phi) is 4.25. The monoisotopic (exact) mass is 289 g/mol. The molecule has 0 aliphatic heterocycles. The summed E-state index contributed by atoms with van der Waals surface area (Å²) >= 11 is 5.84. The first kappa shape index (κ1) is 14.3. The molecule has 0 unspecified atom stereocenters. The second-order valence-electron chi connectivity index (χ2n) is 4.59. The van der Waals surface area contributed by atoms with Crippen LogP contribution < -0.4 is 10.5 Å². The van der Waals surface area contributed by atoms with Gasteiger partial charge in [-0.2, -0.15) is 0 Å². The second-order valence-corrected chi connectivity index (χ2v) is 5.03. The number of pyridine rings is 1. The molecule has 1 aromatic carbocycles. The average Bonchev–Trinajstić information content (AvgIpc) is 2.36. The number of halogens is 1. The van der Waals surface area contributed by atoms with Crippen molar-refractivity contribution >= 4 is 17.4 Å². The zero-order valence-electron chi connectivity index (χ0n) is 11.4. The SMILES string of the molecule is Cc1cc(C)c(C(=N)N)c(OCc2ccc(Cl)cc2)n1. The lowest BCUT2D eigenvalue weighted by Crippen LogP contribution is -2.16. The van der Waals surface area contributed by atoms with Gasteiger partial charge in [-0.25, -0.2) is 4.98 Å². The first-order valence-electron chi connectivity index (χ1n) is 6.17. The minimum absolute atomic E-state index is 0.0406. The Balaban J connectivity index is 2.24. The number of rotatable bonds is 4. The maximum Gasteiger partial charge on any atom is 0.225 e. The van der Waals surface area contributed by atoms with Gasteiger partial charge in [0.05, 0.1) is 5.56 Å². The van der Waals surface area contributed by atoms with Gasteiger partial charge in [-0.15, -0.1) is 0 Å². The van der Waals surface area contributed by atoms with E-state index in [1.54, 1.807) is 12.1 Å². The van der Waals surface area contributed by atoms with Crippen LogP contribution in [0.3, 0.4) is 0 Å². The fourth-order valence-electron chi connectivity index (χ4n) is 1.97. The number of ether oxygens (including phenoxy) is 1. The second kappa shape index (κ2) is 5.92. The van der Waals surface area contributed by atoms with Crippen molar-refractivity contribution in [1.29, 1.82) is 5.41 Å². The summed E-state index contributed by atoms with van der Waals surface area (Å²) < 4.78 is 5.71. The molecule has 0 bridgehead atoms. The summed E-state index contributed by atoms with van der Waals surface area (Å²) in [4.78, 5) is 4.32. The maximum absolute atomic E-state index is 7.64. The van der Waals surface area contributed by atoms with Gasteiger partial charge in [-0.1, -0.05) is 23.7 Å². The Bertz CT molecular complexity index is 638. The van der Waals surface area contributed by atoms with Crippen LogP contribution >= 0.6 is 11.6 Å². The van der Waals surface area contributed by atoms with E-state index in [2.05, 4.69) is 4.98 Å². The van der Waals surface area contributed by atoms with E-state index >= 15 is 0 Å². The van der Waals surface area contributed by atoms with Gasteiger partial charge in [0, 0.05) is 10.7 Å². The predicted octanol–water partition coefficient (Wildman–Crippen LogP) is 3.21. The van der Waals surface area contributed by atoms with Crippen LogP contribution in [0.15, 0.2) is 30.3 Å². The highest BCUT2D eigenvalue weighted by atomic mass is 35.5. The van der Waals surface area contributed by atoms with Crippen molar-refractivity contribution in [2.45, 2.75) is 20.5 Å². The molecule has 1 aromatic heterocycles. The molecular formula is C15H16ClN3O. The summed E-state index contributed by atoms with van der Waals surface area (Å²) in [5, 5.41) is 8.32. The Morgan fingerprint density at radius 1 is 1.30 bits per heavy atom. The molecule has 0 saturated heterocycles. The highest BCUT2D eigenvalue weighted by molar-refractivity contribution is 6.30. The van der Waals surface area contributed by atoms with Crippen LogP contribution in [0.25, 0.3) is 0 Å². The topological polar surface area (TPSA) is 72.0 Å². The molecule has 0 aliphatic carbocycles. The van der Waals surface area contributed by atoms with Crippen LogP contribution in [-0.4, -0.2) is 10.8 Å². The Labute approximate surface area is 123 Å². The van der Waals surface area contributed by atoms with Gasteiger partial charge in [-0.3, -0.25) is 5.41 Å². The molecule has 0 atom stereocenters. The highest BCUT2D eigenvalue weighted by Gasteiger charge is 2.13. The Hall–Kier alpha value is -2.07. The van der Waals surface area contributed by atoms with Gasteiger partial charge in [0.1, 0.15) is 12.4 Å². The van der Waals surface area contributed by atoms with Crippen LogP contribution in [0.2, 0.25) is 5.02 Å². The molecule has 5 heteroatoms. The molecule has 104 valence electrons. The molecule has 1 heterocycles. The number of aryl methyl sites for hydroxylation is 2. The van der Waals surface area contributed by atoms with Gasteiger partial charge >= 0.3 is 0 Å². The van der Waals surface area contributed by atoms with E-state index in [0.29, 0.717) is 23.1 Å². The number of aromatic nitrogens is 1. The molecule has 2 rings (SSSR count). The maximum atomic E-state index is 7.64. The summed E-state index contributed by atoms with van der Waals surface area (Å²) in [6.45, 7) is 4.12. The predicted molar refractivity (Wildman–Crippen MR) is 80.5 cm³/mol. The van der Waals surface area contributed by atoms with Crippen molar-refractivity contribution in [3.63, 3.8) is 0 Å². The molecular weight excluding hydrogens is 274 g/mol. The number of nitrogen functional groups attached to an aromatic ring is 1. The van der Waals surface area contributed by atoms with Crippen LogP contribution in [-0.2, 0) is 6.61 Å². The van der Waals surface area contributed by atoms with E-state index in [1.165, 1.54) is 0 Å². The summed E-state index contributed by atoms with van der Waals surface area (Å²) in [5.74, 6) is 0.353. The van der Waals surface area contributed by atoms with Crippen molar-refractivity contribution in [2.24, 2.45) is 5.73 Å². The molecule has 3 N–H and O–H groups in total. The molecule has 0 aliphatic rings. The van der Waals surface area contributed by atoms with Crippen molar-refractivity contribution in [3.8, 4) is 5.88 Å². The Morgan fingerprint density at radius 2 is 1.95 bits per heavy atom. The number of benzene rings is 1. The number of nitrogens with zero attached hydrogens (tertiary/aromatic N) is 1. The third-order valence-electron chi connectivity index (χ3n) is 2.87. The largest absolute Gasteiger partial charge is 0.472 e. The minimum atomic E-state index is -0.0406. The normalized spacial score (nSPS) is 10.3. The number of hydrogen-bond acceptors (Lipinski definition) is 3. The fraction of sp³-hybridized carbons (Fsp3) is 0.200. The first-order chi connectivity index (χ1) is 9.47. The van der Waals surface area contributed by atoms with Gasteiger partial charge < -0.3 is 10.5 Å². The van der Waals surface area contributed by atoms with Gasteiger partial charge in [0.25, 0.3) is 0 Å². The molecule has 0 saturated carbocycles. The molecule has 0 amide bonds. The standard InChI is InChI=1S/C15H16ClN3O/c1-9-7-10(2)19-15(13(9)14(17)18)20-8-11-3-5-12(16)6-4-11/h3-7H,8H2,1-2H3,(H3,17,18). The lowest BCUT2D eigenvalue weighted by Gasteiger charge is -2.13. The molecule has 0 spiro atoms. The van der Waals surface area contributed by atoms with Crippen molar-refractivity contribution < 1.29 is 4.74 Å². The van der Waals surface area contributed by atoms with Crippen LogP contribution in [0.1, 0.15) is 22.4 Å². The zero-order valence-corrected chi connectivity index (χ0v) is 12.2. The molecule has 0 radical (unpaired) electrons. The Morgan fingerprint density at radius 3 is 2.55 bits per heavy atom. The lowest BCUT2D eigenvalue weighted by atomic mass is 10.1. The fourth-order valence-corrected chi connectivity index (χ4v) is 2.09. The summed E-state index contributed by atoms with van der Waals surface area (Å²) in [6.07, 6.45) is 0. The minimum Gasteiger partial charge on any atom is -0.472 e. The number of hydrogen-bond donors (Lipinski definition) is 2. The third-order valence-corrected chi connectivity index (χ3v) is 3.12. The number of amidine groups is 1. The van der Waals surface area contributed by atoms with Gasteiger partial charge in [0.15, 0.2) is 0 Å². The number of nitrogens with two attached hydrogens (primary N) is 1. The van der Waals surface area contributed by atoms with Crippen molar-refractivity contribution in [2.75, 3.05) is 0 Å².